The zero-order chi connectivity index (χ0) is 23.3. The summed E-state index contributed by atoms with van der Waals surface area (Å²) in [7, 11) is 0. The van der Waals surface area contributed by atoms with E-state index < -0.39 is 41.5 Å². The van der Waals surface area contributed by atoms with Crippen LogP contribution in [0.4, 0.5) is 13.2 Å². The van der Waals surface area contributed by atoms with Crippen molar-refractivity contribution >= 4 is 11.8 Å². The van der Waals surface area contributed by atoms with Crippen LogP contribution in [-0.4, -0.2) is 57.0 Å². The molecule has 1 saturated heterocycles. The lowest BCUT2D eigenvalue weighted by molar-refractivity contribution is -0.274. The number of alkyl halides is 3. The highest BCUT2D eigenvalue weighted by atomic mass is 32.2. The molecule has 32 heavy (non-hydrogen) atoms. The molecule has 4 rings (SSSR count). The number of hydrogen-bond acceptors (Lipinski definition) is 7. The molecule has 2 aliphatic rings. The summed E-state index contributed by atoms with van der Waals surface area (Å²) >= 11 is 1.08. The third-order valence-corrected chi connectivity index (χ3v) is 7.54. The van der Waals surface area contributed by atoms with Crippen LogP contribution in [0.3, 0.4) is 0 Å². The Balaban J connectivity index is 1.64. The molecule has 0 radical (unpaired) electrons. The number of fused-ring (bicyclic) bond motifs is 2. The van der Waals surface area contributed by atoms with E-state index in [-0.39, 0.29) is 12.4 Å². The first-order valence-corrected chi connectivity index (χ1v) is 10.9. The SMILES string of the molecule is Cc1cc2c(cc1Cc1ccc(OC(F)(F)F)cc1)[C@]1(OC2)S[C@H](CO)[C@@H](O)[C@H](O)[C@H]1O. The second-order valence-electron chi connectivity index (χ2n) is 8.03. The summed E-state index contributed by atoms with van der Waals surface area (Å²) in [6, 6.07) is 9.37. The Labute approximate surface area is 186 Å². The number of ether oxygens (including phenoxy) is 2. The Morgan fingerprint density at radius 1 is 1.12 bits per heavy atom. The molecule has 0 aliphatic carbocycles. The fourth-order valence-electron chi connectivity index (χ4n) is 4.22. The van der Waals surface area contributed by atoms with E-state index in [0.29, 0.717) is 12.0 Å². The molecule has 174 valence electrons. The van der Waals surface area contributed by atoms with Crippen molar-refractivity contribution in [1.29, 1.82) is 0 Å². The van der Waals surface area contributed by atoms with Gasteiger partial charge in [-0.05, 0) is 47.7 Å². The van der Waals surface area contributed by atoms with E-state index in [1.54, 1.807) is 12.1 Å². The summed E-state index contributed by atoms with van der Waals surface area (Å²) in [6.07, 6.45) is -8.56. The molecular weight excluding hydrogens is 449 g/mol. The second-order valence-corrected chi connectivity index (χ2v) is 9.47. The number of halogens is 3. The molecule has 1 fully saturated rings. The van der Waals surface area contributed by atoms with Crippen molar-refractivity contribution in [2.75, 3.05) is 6.61 Å². The highest BCUT2D eigenvalue weighted by Gasteiger charge is 2.57. The van der Waals surface area contributed by atoms with Gasteiger partial charge < -0.3 is 29.9 Å². The minimum Gasteiger partial charge on any atom is -0.406 e. The molecule has 2 heterocycles. The van der Waals surface area contributed by atoms with Crippen LogP contribution < -0.4 is 4.74 Å². The molecule has 10 heteroatoms. The summed E-state index contributed by atoms with van der Waals surface area (Å²) in [5.41, 5.74) is 4.04. The van der Waals surface area contributed by atoms with Crippen molar-refractivity contribution in [3.05, 3.63) is 64.2 Å². The van der Waals surface area contributed by atoms with Gasteiger partial charge in [0.15, 0.2) is 4.93 Å². The van der Waals surface area contributed by atoms with Gasteiger partial charge in [-0.25, -0.2) is 0 Å². The fraction of sp³-hybridized carbons (Fsp3) is 0.455. The van der Waals surface area contributed by atoms with Gasteiger partial charge in [-0.3, -0.25) is 0 Å². The first-order chi connectivity index (χ1) is 15.0. The van der Waals surface area contributed by atoms with Crippen LogP contribution in [0, 0.1) is 6.92 Å². The maximum atomic E-state index is 12.4. The normalized spacial score (nSPS) is 29.9. The van der Waals surface area contributed by atoms with E-state index in [0.717, 1.165) is 34.0 Å². The quantitative estimate of drug-likeness (QED) is 0.542. The molecule has 2 aliphatic heterocycles. The lowest BCUT2D eigenvalue weighted by Crippen LogP contribution is -2.58. The van der Waals surface area contributed by atoms with Crippen LogP contribution in [0.2, 0.25) is 0 Å². The third-order valence-electron chi connectivity index (χ3n) is 5.88. The molecule has 0 saturated carbocycles. The number of hydrogen-bond donors (Lipinski definition) is 4. The average molecular weight is 472 g/mol. The first-order valence-electron chi connectivity index (χ1n) is 9.98. The number of aryl methyl sites for hydroxylation is 1. The molecule has 2 aromatic carbocycles. The third kappa shape index (κ3) is 4.23. The Morgan fingerprint density at radius 3 is 2.44 bits per heavy atom. The van der Waals surface area contributed by atoms with Gasteiger partial charge in [-0.15, -0.1) is 24.9 Å². The maximum absolute atomic E-state index is 12.4. The lowest BCUT2D eigenvalue weighted by atomic mass is 9.89. The molecule has 0 bridgehead atoms. The zero-order valence-electron chi connectivity index (χ0n) is 17.0. The maximum Gasteiger partial charge on any atom is 0.573 e. The first kappa shape index (κ1) is 23.3. The van der Waals surface area contributed by atoms with E-state index in [2.05, 4.69) is 4.74 Å². The van der Waals surface area contributed by atoms with Gasteiger partial charge >= 0.3 is 6.36 Å². The topological polar surface area (TPSA) is 99.4 Å². The summed E-state index contributed by atoms with van der Waals surface area (Å²) in [4.78, 5) is -1.34. The van der Waals surface area contributed by atoms with E-state index >= 15 is 0 Å². The molecule has 0 unspecified atom stereocenters. The highest BCUT2D eigenvalue weighted by molar-refractivity contribution is 8.00. The highest BCUT2D eigenvalue weighted by Crippen LogP contribution is 2.54. The van der Waals surface area contributed by atoms with Gasteiger partial charge in [0.2, 0.25) is 0 Å². The van der Waals surface area contributed by atoms with Crippen LogP contribution >= 0.6 is 11.8 Å². The molecule has 6 nitrogen and oxygen atoms in total. The Hall–Kier alpha value is -1.82. The van der Waals surface area contributed by atoms with E-state index in [4.69, 9.17) is 4.74 Å². The van der Waals surface area contributed by atoms with Gasteiger partial charge in [0.05, 0.1) is 24.6 Å². The Morgan fingerprint density at radius 2 is 1.81 bits per heavy atom. The van der Waals surface area contributed by atoms with Crippen LogP contribution in [0.15, 0.2) is 36.4 Å². The zero-order valence-corrected chi connectivity index (χ0v) is 17.9. The largest absolute Gasteiger partial charge is 0.573 e. The molecule has 2 aromatic rings. The van der Waals surface area contributed by atoms with Crippen molar-refractivity contribution in [3.8, 4) is 5.75 Å². The fourth-order valence-corrected chi connectivity index (χ4v) is 5.77. The summed E-state index contributed by atoms with van der Waals surface area (Å²) in [6.45, 7) is 1.70. The lowest BCUT2D eigenvalue weighted by Gasteiger charge is -2.45. The molecular formula is C22H23F3O6S. The van der Waals surface area contributed by atoms with Crippen LogP contribution in [-0.2, 0) is 22.7 Å². The van der Waals surface area contributed by atoms with Gasteiger partial charge in [0, 0.05) is 5.56 Å². The molecule has 1 spiro atoms. The monoisotopic (exact) mass is 472 g/mol. The van der Waals surface area contributed by atoms with Gasteiger partial charge in [0.1, 0.15) is 18.0 Å². The summed E-state index contributed by atoms with van der Waals surface area (Å²) in [5.74, 6) is -0.302. The van der Waals surface area contributed by atoms with E-state index in [9.17, 15) is 33.6 Å². The standard InChI is InChI=1S/C22H23F3O6S/c1-11-6-14-10-30-21(20(29)19(28)18(27)17(9-26)32-21)16(14)8-13(11)7-12-2-4-15(5-3-12)31-22(23,24)25/h2-6,8,17-20,26-29H,7,9-10H2,1H3/t17-,18-,19+,20-,21+/m1/s1. The Kier molecular flexibility index (Phi) is 6.21. The van der Waals surface area contributed by atoms with E-state index in [1.165, 1.54) is 12.1 Å². The van der Waals surface area contributed by atoms with Gasteiger partial charge in [-0.2, -0.15) is 0 Å². The van der Waals surface area contributed by atoms with Crippen LogP contribution in [0.25, 0.3) is 0 Å². The van der Waals surface area contributed by atoms with Crippen molar-refractivity contribution in [1.82, 2.24) is 0 Å². The molecule has 4 N–H and O–H groups in total. The smallest absolute Gasteiger partial charge is 0.406 e. The van der Waals surface area contributed by atoms with Crippen molar-refractivity contribution in [3.63, 3.8) is 0 Å². The second kappa shape index (κ2) is 8.51. The van der Waals surface area contributed by atoms with Crippen LogP contribution in [0.1, 0.15) is 27.8 Å². The number of benzene rings is 2. The summed E-state index contributed by atoms with van der Waals surface area (Å²) in [5, 5.41) is 40.2. The number of aliphatic hydroxyl groups excluding tert-OH is 4. The predicted octanol–water partition coefficient (Wildman–Crippen LogP) is 2.36. The van der Waals surface area contributed by atoms with Gasteiger partial charge in [0.25, 0.3) is 0 Å². The minimum atomic E-state index is -4.75. The molecule has 0 aromatic heterocycles. The number of aliphatic hydroxyl groups is 4. The van der Waals surface area contributed by atoms with Crippen LogP contribution in [0.5, 0.6) is 5.75 Å². The number of thioether (sulfide) groups is 1. The molecule has 5 atom stereocenters. The van der Waals surface area contributed by atoms with Crippen molar-refractivity contribution in [2.24, 2.45) is 0 Å². The Bertz CT molecular complexity index is 981. The van der Waals surface area contributed by atoms with Crippen molar-refractivity contribution < 1.29 is 43.1 Å². The predicted molar refractivity (Wildman–Crippen MR) is 110 cm³/mol. The number of rotatable bonds is 4. The average Bonchev–Trinajstić information content (AvgIpc) is 3.08. The summed E-state index contributed by atoms with van der Waals surface area (Å²) < 4.78 is 47.0. The van der Waals surface area contributed by atoms with E-state index in [1.807, 2.05) is 19.1 Å². The van der Waals surface area contributed by atoms with Gasteiger partial charge in [-0.1, -0.05) is 24.3 Å². The molecule has 0 amide bonds. The van der Waals surface area contributed by atoms with Crippen molar-refractivity contribution in [2.45, 2.75) is 54.8 Å². The minimum absolute atomic E-state index is 0.199.